The van der Waals surface area contributed by atoms with Gasteiger partial charge < -0.3 is 18.9 Å². The summed E-state index contributed by atoms with van der Waals surface area (Å²) in [5.41, 5.74) is 0.893. The Labute approximate surface area is 98.2 Å². The zero-order valence-electron chi connectivity index (χ0n) is 9.56. The molecule has 90 valence electrons. The third kappa shape index (κ3) is 1.42. The summed E-state index contributed by atoms with van der Waals surface area (Å²) >= 11 is 0. The van der Waals surface area contributed by atoms with Crippen molar-refractivity contribution in [3.8, 4) is 17.2 Å². The SMILES string of the molecule is COc1cc(OC)c2c(c1)OC1OC(=O)CC21. The lowest BCUT2D eigenvalue weighted by Crippen LogP contribution is -2.14. The van der Waals surface area contributed by atoms with Crippen LogP contribution < -0.4 is 14.2 Å². The Morgan fingerprint density at radius 2 is 2.06 bits per heavy atom. The Balaban J connectivity index is 2.08. The summed E-state index contributed by atoms with van der Waals surface area (Å²) in [4.78, 5) is 11.2. The van der Waals surface area contributed by atoms with Crippen LogP contribution in [0.15, 0.2) is 12.1 Å². The molecule has 17 heavy (non-hydrogen) atoms. The largest absolute Gasteiger partial charge is 0.496 e. The number of methoxy groups -OCH3 is 2. The van der Waals surface area contributed by atoms with Gasteiger partial charge in [-0.3, -0.25) is 4.79 Å². The molecule has 0 saturated carbocycles. The second-order valence-electron chi connectivity index (χ2n) is 4.03. The van der Waals surface area contributed by atoms with Crippen LogP contribution in [-0.4, -0.2) is 26.5 Å². The average Bonchev–Trinajstić information content (AvgIpc) is 2.82. The molecule has 2 unspecified atom stereocenters. The molecule has 0 aromatic heterocycles. The van der Waals surface area contributed by atoms with Crippen molar-refractivity contribution in [1.82, 2.24) is 0 Å². The molecule has 0 aliphatic carbocycles. The summed E-state index contributed by atoms with van der Waals surface area (Å²) in [6, 6.07) is 3.57. The van der Waals surface area contributed by atoms with Crippen molar-refractivity contribution in [2.45, 2.75) is 18.6 Å². The van der Waals surface area contributed by atoms with Crippen molar-refractivity contribution in [1.29, 1.82) is 0 Å². The predicted octanol–water partition coefficient (Wildman–Crippen LogP) is 1.45. The molecule has 1 fully saturated rings. The first-order valence-corrected chi connectivity index (χ1v) is 5.35. The highest BCUT2D eigenvalue weighted by atomic mass is 16.7. The van der Waals surface area contributed by atoms with Gasteiger partial charge in [-0.15, -0.1) is 0 Å². The van der Waals surface area contributed by atoms with E-state index in [1.807, 2.05) is 0 Å². The molecule has 0 radical (unpaired) electrons. The minimum absolute atomic E-state index is 0.0710. The number of rotatable bonds is 2. The van der Waals surface area contributed by atoms with Crippen LogP contribution in [0.1, 0.15) is 17.9 Å². The highest BCUT2D eigenvalue weighted by Gasteiger charge is 2.46. The fourth-order valence-electron chi connectivity index (χ4n) is 2.33. The van der Waals surface area contributed by atoms with Gasteiger partial charge in [0.1, 0.15) is 17.2 Å². The van der Waals surface area contributed by atoms with E-state index in [0.29, 0.717) is 23.7 Å². The van der Waals surface area contributed by atoms with E-state index in [1.54, 1.807) is 26.4 Å². The number of ether oxygens (including phenoxy) is 4. The van der Waals surface area contributed by atoms with Crippen LogP contribution >= 0.6 is 0 Å². The third-order valence-corrected chi connectivity index (χ3v) is 3.11. The molecule has 2 heterocycles. The molecular formula is C12H12O5. The molecule has 2 aliphatic rings. The highest BCUT2D eigenvalue weighted by molar-refractivity contribution is 5.75. The van der Waals surface area contributed by atoms with Crippen LogP contribution in [0.2, 0.25) is 0 Å². The number of fused-ring (bicyclic) bond motifs is 3. The lowest BCUT2D eigenvalue weighted by molar-refractivity contribution is -0.150. The maximum atomic E-state index is 11.2. The monoisotopic (exact) mass is 236 g/mol. The maximum absolute atomic E-state index is 11.2. The second-order valence-corrected chi connectivity index (χ2v) is 4.03. The van der Waals surface area contributed by atoms with Crippen LogP contribution in [0.3, 0.4) is 0 Å². The van der Waals surface area contributed by atoms with Gasteiger partial charge in [-0.1, -0.05) is 0 Å². The van der Waals surface area contributed by atoms with Gasteiger partial charge >= 0.3 is 5.97 Å². The van der Waals surface area contributed by atoms with Crippen LogP contribution in [0.25, 0.3) is 0 Å². The molecule has 1 saturated heterocycles. The smallest absolute Gasteiger partial charge is 0.309 e. The molecule has 0 bridgehead atoms. The van der Waals surface area contributed by atoms with E-state index in [-0.39, 0.29) is 11.9 Å². The van der Waals surface area contributed by atoms with E-state index >= 15 is 0 Å². The first-order chi connectivity index (χ1) is 8.22. The van der Waals surface area contributed by atoms with Gasteiger partial charge in [0.15, 0.2) is 0 Å². The van der Waals surface area contributed by atoms with E-state index in [9.17, 15) is 4.79 Å². The molecule has 0 N–H and O–H groups in total. The molecule has 1 aromatic rings. The predicted molar refractivity (Wildman–Crippen MR) is 57.4 cm³/mol. The van der Waals surface area contributed by atoms with Crippen molar-refractivity contribution in [3.05, 3.63) is 17.7 Å². The van der Waals surface area contributed by atoms with Crippen molar-refractivity contribution in [3.63, 3.8) is 0 Å². The Morgan fingerprint density at radius 3 is 2.76 bits per heavy atom. The topological polar surface area (TPSA) is 54.0 Å². The zero-order valence-corrected chi connectivity index (χ0v) is 9.56. The van der Waals surface area contributed by atoms with Crippen molar-refractivity contribution in [2.75, 3.05) is 14.2 Å². The average molecular weight is 236 g/mol. The van der Waals surface area contributed by atoms with Crippen LogP contribution in [0, 0.1) is 0 Å². The van der Waals surface area contributed by atoms with E-state index in [4.69, 9.17) is 18.9 Å². The van der Waals surface area contributed by atoms with E-state index in [0.717, 1.165) is 5.56 Å². The van der Waals surface area contributed by atoms with E-state index in [1.165, 1.54) is 0 Å². The van der Waals surface area contributed by atoms with Gasteiger partial charge in [-0.25, -0.2) is 0 Å². The summed E-state index contributed by atoms with van der Waals surface area (Å²) in [5.74, 6) is 1.70. The van der Waals surface area contributed by atoms with E-state index in [2.05, 4.69) is 0 Å². The summed E-state index contributed by atoms with van der Waals surface area (Å²) in [6.45, 7) is 0. The lowest BCUT2D eigenvalue weighted by Gasteiger charge is -2.10. The Bertz CT molecular complexity index is 482. The van der Waals surface area contributed by atoms with Crippen LogP contribution in [-0.2, 0) is 9.53 Å². The maximum Gasteiger partial charge on any atom is 0.309 e. The Kier molecular flexibility index (Phi) is 2.14. The Hall–Kier alpha value is -1.91. The number of carbonyl (C=O) groups excluding carboxylic acids is 1. The van der Waals surface area contributed by atoms with Crippen LogP contribution in [0.4, 0.5) is 0 Å². The molecule has 2 atom stereocenters. The number of hydrogen-bond acceptors (Lipinski definition) is 5. The highest BCUT2D eigenvalue weighted by Crippen LogP contribution is 2.50. The summed E-state index contributed by atoms with van der Waals surface area (Å²) in [6.07, 6.45) is -0.182. The third-order valence-electron chi connectivity index (χ3n) is 3.11. The fraction of sp³-hybridized carbons (Fsp3) is 0.417. The summed E-state index contributed by atoms with van der Waals surface area (Å²) < 4.78 is 21.1. The lowest BCUT2D eigenvalue weighted by atomic mass is 9.97. The number of benzene rings is 1. The summed E-state index contributed by atoms with van der Waals surface area (Å²) in [5, 5.41) is 0. The van der Waals surface area contributed by atoms with Crippen molar-refractivity contribution in [2.24, 2.45) is 0 Å². The quantitative estimate of drug-likeness (QED) is 0.727. The summed E-state index contributed by atoms with van der Waals surface area (Å²) in [7, 11) is 3.16. The van der Waals surface area contributed by atoms with Gasteiger partial charge in [0, 0.05) is 17.7 Å². The number of esters is 1. The second kappa shape index (κ2) is 3.55. The standard InChI is InChI=1S/C12H12O5/c1-14-6-3-8(15-2)11-7-5-10(13)17-12(7)16-9(11)4-6/h3-4,7,12H,5H2,1-2H3. The first-order valence-electron chi connectivity index (χ1n) is 5.35. The molecule has 5 nitrogen and oxygen atoms in total. The molecule has 1 aromatic carbocycles. The van der Waals surface area contributed by atoms with E-state index < -0.39 is 6.29 Å². The molecule has 0 amide bonds. The molecular weight excluding hydrogens is 224 g/mol. The molecule has 0 spiro atoms. The van der Waals surface area contributed by atoms with Gasteiger partial charge in [-0.05, 0) is 0 Å². The molecule has 3 rings (SSSR count). The Morgan fingerprint density at radius 1 is 1.24 bits per heavy atom. The minimum Gasteiger partial charge on any atom is -0.496 e. The minimum atomic E-state index is -0.515. The first kappa shape index (κ1) is 10.3. The van der Waals surface area contributed by atoms with Gasteiger partial charge in [0.25, 0.3) is 6.29 Å². The van der Waals surface area contributed by atoms with Crippen molar-refractivity contribution < 1.29 is 23.7 Å². The van der Waals surface area contributed by atoms with Crippen LogP contribution in [0.5, 0.6) is 17.2 Å². The number of carbonyl (C=O) groups is 1. The van der Waals surface area contributed by atoms with Crippen molar-refractivity contribution >= 4 is 5.97 Å². The van der Waals surface area contributed by atoms with Gasteiger partial charge in [0.05, 0.1) is 26.6 Å². The van der Waals surface area contributed by atoms with Gasteiger partial charge in [0.2, 0.25) is 0 Å². The zero-order chi connectivity index (χ0) is 12.0. The van der Waals surface area contributed by atoms with Gasteiger partial charge in [-0.2, -0.15) is 0 Å². The number of hydrogen-bond donors (Lipinski definition) is 0. The normalized spacial score (nSPS) is 24.7. The molecule has 5 heteroatoms. The molecule has 2 aliphatic heterocycles. The fourth-order valence-corrected chi connectivity index (χ4v) is 2.33.